The van der Waals surface area contributed by atoms with Crippen molar-refractivity contribution in [2.75, 3.05) is 34.4 Å². The Labute approximate surface area is 160 Å². The molecule has 152 valence electrons. The summed E-state index contributed by atoms with van der Waals surface area (Å²) in [7, 11) is 4.31. The van der Waals surface area contributed by atoms with Gasteiger partial charge in [-0.2, -0.15) is 0 Å². The smallest absolute Gasteiger partial charge is 0.411 e. The maximum absolute atomic E-state index is 12.6. The van der Waals surface area contributed by atoms with Crippen LogP contribution < -0.4 is 0 Å². The minimum atomic E-state index is -0.872. The van der Waals surface area contributed by atoms with E-state index in [1.54, 1.807) is 13.8 Å². The SMILES string of the molecule is C#CCOC(=O)N(C)C(C)C(=O)N(C)C(C)C(=O)N(C)C(C)C(=O)OCC. The predicted molar refractivity (Wildman–Crippen MR) is 98.5 cm³/mol. The monoisotopic (exact) mass is 383 g/mol. The molecular formula is C18H29N3O6. The molecule has 0 aliphatic rings. The van der Waals surface area contributed by atoms with E-state index in [9.17, 15) is 19.2 Å². The molecule has 0 aliphatic heterocycles. The first-order valence-corrected chi connectivity index (χ1v) is 8.54. The summed E-state index contributed by atoms with van der Waals surface area (Å²) >= 11 is 0. The lowest BCUT2D eigenvalue weighted by Crippen LogP contribution is -2.54. The number of hydrogen-bond acceptors (Lipinski definition) is 6. The van der Waals surface area contributed by atoms with Gasteiger partial charge >= 0.3 is 12.1 Å². The molecule has 0 aromatic heterocycles. The second-order valence-corrected chi connectivity index (χ2v) is 6.05. The van der Waals surface area contributed by atoms with Crippen molar-refractivity contribution in [2.24, 2.45) is 0 Å². The van der Waals surface area contributed by atoms with Gasteiger partial charge in [0.15, 0.2) is 6.61 Å². The first-order chi connectivity index (χ1) is 12.5. The van der Waals surface area contributed by atoms with Crippen molar-refractivity contribution in [2.45, 2.75) is 45.8 Å². The van der Waals surface area contributed by atoms with Crippen LogP contribution in [0.1, 0.15) is 27.7 Å². The summed E-state index contributed by atoms with van der Waals surface area (Å²) in [6.45, 7) is 6.27. The molecule has 3 atom stereocenters. The van der Waals surface area contributed by atoms with Crippen LogP contribution in [0.15, 0.2) is 0 Å². The fourth-order valence-electron chi connectivity index (χ4n) is 2.09. The van der Waals surface area contributed by atoms with Crippen molar-refractivity contribution in [1.29, 1.82) is 0 Å². The number of esters is 1. The summed E-state index contributed by atoms with van der Waals surface area (Å²) in [6, 6.07) is -2.51. The van der Waals surface area contributed by atoms with Crippen molar-refractivity contribution in [3.63, 3.8) is 0 Å². The van der Waals surface area contributed by atoms with Crippen LogP contribution in [-0.2, 0) is 23.9 Å². The number of nitrogens with zero attached hydrogens (tertiary/aromatic N) is 3. The minimum absolute atomic E-state index is 0.203. The van der Waals surface area contributed by atoms with Crippen LogP contribution in [0.3, 0.4) is 0 Å². The van der Waals surface area contributed by atoms with Gasteiger partial charge < -0.3 is 19.3 Å². The third-order valence-corrected chi connectivity index (χ3v) is 4.35. The summed E-state index contributed by atoms with van der Waals surface area (Å²) < 4.78 is 9.69. The van der Waals surface area contributed by atoms with E-state index in [-0.39, 0.29) is 13.2 Å². The van der Waals surface area contributed by atoms with Gasteiger partial charge in [0.25, 0.3) is 0 Å². The van der Waals surface area contributed by atoms with Gasteiger partial charge in [0.2, 0.25) is 11.8 Å². The Hall–Kier alpha value is -2.76. The van der Waals surface area contributed by atoms with Gasteiger partial charge in [0, 0.05) is 21.1 Å². The standard InChI is InChI=1S/C18H29N3O6/c1-9-11-27-18(25)21(8)13(4)16(23)19(6)12(3)15(22)20(7)14(5)17(24)26-10-2/h1,12-14H,10-11H2,2-8H3. The Balaban J connectivity index is 5.04. The van der Waals surface area contributed by atoms with Gasteiger partial charge in [-0.05, 0) is 27.7 Å². The van der Waals surface area contributed by atoms with E-state index in [4.69, 9.17) is 15.9 Å². The third-order valence-electron chi connectivity index (χ3n) is 4.35. The Morgan fingerprint density at radius 2 is 1.30 bits per heavy atom. The lowest BCUT2D eigenvalue weighted by Gasteiger charge is -2.33. The van der Waals surface area contributed by atoms with Gasteiger partial charge in [-0.1, -0.05) is 5.92 Å². The Kier molecular flexibility index (Phi) is 9.93. The normalized spacial score (nSPS) is 13.4. The number of ether oxygens (including phenoxy) is 2. The van der Waals surface area contributed by atoms with Gasteiger partial charge in [0.05, 0.1) is 6.61 Å². The van der Waals surface area contributed by atoms with Crippen molar-refractivity contribution in [3.05, 3.63) is 0 Å². The Bertz CT molecular complexity index is 600. The molecule has 0 spiro atoms. The molecule has 0 radical (unpaired) electrons. The molecule has 0 rings (SSSR count). The summed E-state index contributed by atoms with van der Waals surface area (Å²) in [6.07, 6.45) is 4.29. The van der Waals surface area contributed by atoms with Crippen molar-refractivity contribution >= 4 is 23.9 Å². The molecule has 27 heavy (non-hydrogen) atoms. The molecule has 0 saturated carbocycles. The third kappa shape index (κ3) is 6.47. The van der Waals surface area contributed by atoms with E-state index >= 15 is 0 Å². The number of rotatable bonds is 8. The molecule has 3 amide bonds. The number of amides is 3. The number of likely N-dealkylation sites (N-methyl/N-ethyl adjacent to an activating group) is 3. The molecular weight excluding hydrogens is 354 g/mol. The van der Waals surface area contributed by atoms with E-state index in [2.05, 4.69) is 5.92 Å². The van der Waals surface area contributed by atoms with E-state index in [1.807, 2.05) is 0 Å². The molecule has 0 fully saturated rings. The first kappa shape index (κ1) is 24.2. The highest BCUT2D eigenvalue weighted by Crippen LogP contribution is 2.10. The lowest BCUT2D eigenvalue weighted by atomic mass is 10.2. The van der Waals surface area contributed by atoms with Crippen LogP contribution in [-0.4, -0.2) is 91.1 Å². The summed E-state index contributed by atoms with van der Waals surface area (Å²) in [5.41, 5.74) is 0. The van der Waals surface area contributed by atoms with E-state index in [0.717, 1.165) is 4.90 Å². The quantitative estimate of drug-likeness (QED) is 0.443. The fourth-order valence-corrected chi connectivity index (χ4v) is 2.09. The maximum atomic E-state index is 12.6. The second kappa shape index (κ2) is 11.1. The predicted octanol–water partition coefficient (Wildman–Crippen LogP) is 0.333. The molecule has 3 unspecified atom stereocenters. The van der Waals surface area contributed by atoms with Crippen LogP contribution in [0.4, 0.5) is 4.79 Å². The molecule has 0 heterocycles. The number of carbonyl (C=O) groups is 4. The maximum Gasteiger partial charge on any atom is 0.411 e. The summed E-state index contributed by atoms with van der Waals surface area (Å²) in [4.78, 5) is 52.4. The number of carbonyl (C=O) groups excluding carboxylic acids is 4. The molecule has 0 saturated heterocycles. The topological polar surface area (TPSA) is 96.5 Å². The van der Waals surface area contributed by atoms with Gasteiger partial charge in [0.1, 0.15) is 18.1 Å². The molecule has 0 aliphatic carbocycles. The zero-order valence-corrected chi connectivity index (χ0v) is 17.0. The average Bonchev–Trinajstić information content (AvgIpc) is 2.67. The van der Waals surface area contributed by atoms with E-state index in [1.165, 1.54) is 44.8 Å². The van der Waals surface area contributed by atoms with Gasteiger partial charge in [-0.15, -0.1) is 6.42 Å². The van der Waals surface area contributed by atoms with Crippen LogP contribution in [0, 0.1) is 12.3 Å². The van der Waals surface area contributed by atoms with E-state index in [0.29, 0.717) is 0 Å². The summed E-state index contributed by atoms with van der Waals surface area (Å²) in [5, 5.41) is 0. The van der Waals surface area contributed by atoms with Crippen LogP contribution in [0.2, 0.25) is 0 Å². The number of terminal acetylenes is 1. The van der Waals surface area contributed by atoms with Crippen molar-refractivity contribution in [1.82, 2.24) is 14.7 Å². The number of hydrogen-bond donors (Lipinski definition) is 0. The minimum Gasteiger partial charge on any atom is -0.464 e. The molecule has 0 aromatic carbocycles. The highest BCUT2D eigenvalue weighted by atomic mass is 16.6. The zero-order valence-electron chi connectivity index (χ0n) is 17.0. The fraction of sp³-hybridized carbons (Fsp3) is 0.667. The largest absolute Gasteiger partial charge is 0.464 e. The highest BCUT2D eigenvalue weighted by Gasteiger charge is 2.34. The van der Waals surface area contributed by atoms with Gasteiger partial charge in [-0.3, -0.25) is 14.5 Å². The van der Waals surface area contributed by atoms with Crippen molar-refractivity contribution < 1.29 is 28.7 Å². The van der Waals surface area contributed by atoms with Crippen LogP contribution in [0.5, 0.6) is 0 Å². The Morgan fingerprint density at radius 3 is 1.74 bits per heavy atom. The van der Waals surface area contributed by atoms with Crippen LogP contribution >= 0.6 is 0 Å². The highest BCUT2D eigenvalue weighted by molar-refractivity contribution is 5.92. The van der Waals surface area contributed by atoms with E-state index < -0.39 is 42.0 Å². The summed E-state index contributed by atoms with van der Waals surface area (Å²) in [5.74, 6) is 0.738. The first-order valence-electron chi connectivity index (χ1n) is 8.54. The average molecular weight is 383 g/mol. The molecule has 0 N–H and O–H groups in total. The molecule has 0 bridgehead atoms. The lowest BCUT2D eigenvalue weighted by molar-refractivity contribution is -0.155. The second-order valence-electron chi connectivity index (χ2n) is 6.05. The molecule has 9 nitrogen and oxygen atoms in total. The van der Waals surface area contributed by atoms with Crippen LogP contribution in [0.25, 0.3) is 0 Å². The van der Waals surface area contributed by atoms with Crippen molar-refractivity contribution in [3.8, 4) is 12.3 Å². The molecule has 9 heteroatoms. The Morgan fingerprint density at radius 1 is 0.852 bits per heavy atom. The zero-order chi connectivity index (χ0) is 21.3. The molecule has 0 aromatic rings. The van der Waals surface area contributed by atoms with Gasteiger partial charge in [-0.25, -0.2) is 9.59 Å².